The highest BCUT2D eigenvalue weighted by Crippen LogP contribution is 2.24. The molecule has 8 heteroatoms. The molecule has 2 unspecified atom stereocenters. The molecule has 0 heterocycles. The van der Waals surface area contributed by atoms with Gasteiger partial charge < -0.3 is 30.5 Å². The van der Waals surface area contributed by atoms with Crippen LogP contribution in [0.1, 0.15) is 27.6 Å². The monoisotopic (exact) mass is 361 g/mol. The van der Waals surface area contributed by atoms with Crippen molar-refractivity contribution in [3.05, 3.63) is 65.2 Å². The van der Waals surface area contributed by atoms with E-state index in [1.165, 1.54) is 6.07 Å². The highest BCUT2D eigenvalue weighted by molar-refractivity contribution is 5.90. The van der Waals surface area contributed by atoms with Crippen LogP contribution in [0.2, 0.25) is 0 Å². The van der Waals surface area contributed by atoms with Crippen molar-refractivity contribution in [1.29, 1.82) is 0 Å². The summed E-state index contributed by atoms with van der Waals surface area (Å²) in [5.74, 6) is -1.82. The van der Waals surface area contributed by atoms with Gasteiger partial charge in [0.15, 0.2) is 0 Å². The topological polar surface area (TPSA) is 136 Å². The van der Waals surface area contributed by atoms with Crippen molar-refractivity contribution < 1.29 is 34.8 Å². The first-order valence-electron chi connectivity index (χ1n) is 7.75. The van der Waals surface area contributed by atoms with Gasteiger partial charge in [0.1, 0.15) is 30.1 Å². The van der Waals surface area contributed by atoms with Crippen LogP contribution in [0.3, 0.4) is 0 Å². The van der Waals surface area contributed by atoms with Gasteiger partial charge in [-0.15, -0.1) is 0 Å². The Balaban J connectivity index is 1.86. The Labute approximate surface area is 149 Å². The first kappa shape index (κ1) is 19.2. The number of aliphatic hydroxyl groups excluding tert-OH is 2. The molecule has 5 N–H and O–H groups in total. The first-order valence-corrected chi connectivity index (χ1v) is 7.75. The molecular weight excluding hydrogens is 342 g/mol. The molecule has 0 aliphatic heterocycles. The van der Waals surface area contributed by atoms with Gasteiger partial charge in [-0.2, -0.15) is 0 Å². The number of alkyl carbamates (subject to hydrolysis) is 1. The van der Waals surface area contributed by atoms with Crippen LogP contribution in [0, 0.1) is 0 Å². The van der Waals surface area contributed by atoms with Gasteiger partial charge in [0.2, 0.25) is 0 Å². The van der Waals surface area contributed by atoms with Crippen molar-refractivity contribution >= 4 is 12.1 Å². The zero-order chi connectivity index (χ0) is 19.1. The van der Waals surface area contributed by atoms with Gasteiger partial charge in [0, 0.05) is 6.54 Å². The summed E-state index contributed by atoms with van der Waals surface area (Å²) in [6.45, 7) is -0.247. The summed E-state index contributed by atoms with van der Waals surface area (Å²) in [6, 6.07) is 12.5. The lowest BCUT2D eigenvalue weighted by Gasteiger charge is -2.19. The molecule has 2 atom stereocenters. The van der Waals surface area contributed by atoms with Crippen LogP contribution in [0.4, 0.5) is 4.79 Å². The summed E-state index contributed by atoms with van der Waals surface area (Å²) in [5.41, 5.74) is 0.490. The third-order valence-corrected chi connectivity index (χ3v) is 3.63. The Morgan fingerprint density at radius 1 is 1.08 bits per heavy atom. The Morgan fingerprint density at radius 3 is 2.42 bits per heavy atom. The second-order valence-electron chi connectivity index (χ2n) is 5.54. The molecule has 2 rings (SSSR count). The quantitative estimate of drug-likeness (QED) is 0.503. The minimum absolute atomic E-state index is 0.0608. The van der Waals surface area contributed by atoms with Gasteiger partial charge in [-0.25, -0.2) is 9.59 Å². The summed E-state index contributed by atoms with van der Waals surface area (Å²) in [5, 5.41) is 40.8. The average molecular weight is 361 g/mol. The van der Waals surface area contributed by atoms with Gasteiger partial charge in [0.05, 0.1) is 0 Å². The number of aromatic carboxylic acids is 1. The molecule has 26 heavy (non-hydrogen) atoms. The molecule has 0 radical (unpaired) electrons. The molecule has 138 valence electrons. The first-order chi connectivity index (χ1) is 12.4. The number of carbonyl (C=O) groups is 2. The molecule has 0 aliphatic carbocycles. The van der Waals surface area contributed by atoms with Crippen LogP contribution in [-0.4, -0.2) is 45.1 Å². The third kappa shape index (κ3) is 5.20. The second-order valence-corrected chi connectivity index (χ2v) is 5.54. The van der Waals surface area contributed by atoms with Crippen molar-refractivity contribution in [1.82, 2.24) is 5.32 Å². The number of rotatable bonds is 7. The fourth-order valence-corrected chi connectivity index (χ4v) is 2.20. The largest absolute Gasteiger partial charge is 0.507 e. The fourth-order valence-electron chi connectivity index (χ4n) is 2.20. The van der Waals surface area contributed by atoms with E-state index in [0.717, 1.165) is 17.7 Å². The van der Waals surface area contributed by atoms with Gasteiger partial charge >= 0.3 is 12.1 Å². The van der Waals surface area contributed by atoms with Crippen LogP contribution in [-0.2, 0) is 11.3 Å². The number of hydrogen-bond donors (Lipinski definition) is 5. The predicted molar refractivity (Wildman–Crippen MR) is 90.7 cm³/mol. The van der Waals surface area contributed by atoms with Crippen LogP contribution in [0.15, 0.2) is 48.5 Å². The number of carboxylic acid groups (broad SMARTS) is 1. The number of aromatic hydroxyl groups is 1. The minimum atomic E-state index is -1.46. The number of carboxylic acids is 1. The van der Waals surface area contributed by atoms with Crippen LogP contribution in [0.25, 0.3) is 0 Å². The standard InChI is InChI=1S/C18H19NO7/c20-14-7-6-12(8-13(14)17(23)24)16(22)15(21)9-19-18(25)26-10-11-4-2-1-3-5-11/h1-8,15-16,20-22H,9-10H2,(H,19,25)(H,23,24). The Hall–Kier alpha value is -3.10. The lowest BCUT2D eigenvalue weighted by molar-refractivity contribution is 0.0183. The lowest BCUT2D eigenvalue weighted by atomic mass is 10.0. The SMILES string of the molecule is O=C(NCC(O)C(O)c1ccc(O)c(C(=O)O)c1)OCc1ccccc1. The molecule has 0 bridgehead atoms. The van der Waals surface area contributed by atoms with Crippen molar-refractivity contribution in [3.63, 3.8) is 0 Å². The summed E-state index contributed by atoms with van der Waals surface area (Å²) in [6.07, 6.45) is -3.62. The van der Waals surface area contributed by atoms with E-state index in [1.54, 1.807) is 24.3 Å². The zero-order valence-electron chi connectivity index (χ0n) is 13.7. The minimum Gasteiger partial charge on any atom is -0.507 e. The number of nitrogens with one attached hydrogen (secondary N) is 1. The van der Waals surface area contributed by atoms with E-state index >= 15 is 0 Å². The highest BCUT2D eigenvalue weighted by Gasteiger charge is 2.21. The average Bonchev–Trinajstić information content (AvgIpc) is 2.64. The van der Waals surface area contributed by atoms with E-state index in [4.69, 9.17) is 9.84 Å². The number of carbonyl (C=O) groups excluding carboxylic acids is 1. The Bertz CT molecular complexity index is 763. The van der Waals surface area contributed by atoms with E-state index in [0.29, 0.717) is 0 Å². The van der Waals surface area contributed by atoms with E-state index in [2.05, 4.69) is 5.32 Å². The van der Waals surface area contributed by atoms with E-state index in [1.807, 2.05) is 6.07 Å². The molecule has 0 spiro atoms. The predicted octanol–water partition coefficient (Wildman–Crippen LogP) is 1.41. The number of hydrogen-bond acceptors (Lipinski definition) is 6. The van der Waals surface area contributed by atoms with Gasteiger partial charge in [-0.05, 0) is 23.3 Å². The molecule has 2 aromatic rings. The molecule has 8 nitrogen and oxygen atoms in total. The number of aliphatic hydroxyl groups is 2. The number of amides is 1. The van der Waals surface area contributed by atoms with E-state index in [9.17, 15) is 24.9 Å². The molecule has 0 aliphatic rings. The highest BCUT2D eigenvalue weighted by atomic mass is 16.5. The lowest BCUT2D eigenvalue weighted by Crippen LogP contribution is -2.35. The van der Waals surface area contributed by atoms with E-state index < -0.39 is 35.6 Å². The molecule has 0 fully saturated rings. The normalized spacial score (nSPS) is 12.8. The third-order valence-electron chi connectivity index (χ3n) is 3.63. The van der Waals surface area contributed by atoms with Crippen molar-refractivity contribution in [2.24, 2.45) is 0 Å². The maximum atomic E-state index is 11.6. The van der Waals surface area contributed by atoms with Crippen molar-refractivity contribution in [3.8, 4) is 5.75 Å². The van der Waals surface area contributed by atoms with Crippen molar-refractivity contribution in [2.75, 3.05) is 6.54 Å². The van der Waals surface area contributed by atoms with Crippen molar-refractivity contribution in [2.45, 2.75) is 18.8 Å². The maximum Gasteiger partial charge on any atom is 0.407 e. The summed E-state index contributed by atoms with van der Waals surface area (Å²) < 4.78 is 4.98. The van der Waals surface area contributed by atoms with E-state index in [-0.39, 0.29) is 18.7 Å². The van der Waals surface area contributed by atoms with Crippen LogP contribution in [0.5, 0.6) is 5.75 Å². The summed E-state index contributed by atoms with van der Waals surface area (Å²) >= 11 is 0. The second kappa shape index (κ2) is 8.84. The molecular formula is C18H19NO7. The molecule has 1 amide bonds. The van der Waals surface area contributed by atoms with Crippen LogP contribution >= 0.6 is 0 Å². The van der Waals surface area contributed by atoms with Gasteiger partial charge in [0.25, 0.3) is 0 Å². The molecule has 0 saturated heterocycles. The number of ether oxygens (including phenoxy) is 1. The van der Waals surface area contributed by atoms with Gasteiger partial charge in [-0.1, -0.05) is 36.4 Å². The summed E-state index contributed by atoms with van der Waals surface area (Å²) in [4.78, 5) is 22.6. The van der Waals surface area contributed by atoms with Gasteiger partial charge in [-0.3, -0.25) is 0 Å². The fraction of sp³-hybridized carbons (Fsp3) is 0.222. The number of phenols is 1. The smallest absolute Gasteiger partial charge is 0.407 e. The van der Waals surface area contributed by atoms with Crippen LogP contribution < -0.4 is 5.32 Å². The molecule has 0 saturated carbocycles. The Kier molecular flexibility index (Phi) is 6.54. The molecule has 2 aromatic carbocycles. The Morgan fingerprint density at radius 2 is 1.77 bits per heavy atom. The number of benzene rings is 2. The maximum absolute atomic E-state index is 11.6. The zero-order valence-corrected chi connectivity index (χ0v) is 13.7. The molecule has 0 aromatic heterocycles. The summed E-state index contributed by atoms with van der Waals surface area (Å²) in [7, 11) is 0.